The van der Waals surface area contributed by atoms with Crippen LogP contribution in [-0.4, -0.2) is 10.8 Å². The highest BCUT2D eigenvalue weighted by Crippen LogP contribution is 2.26. The number of halogens is 1. The fraction of sp³-hybridized carbons (Fsp3) is 0.0667. The second kappa shape index (κ2) is 5.57. The van der Waals surface area contributed by atoms with Crippen molar-refractivity contribution in [3.63, 3.8) is 0 Å². The van der Waals surface area contributed by atoms with E-state index in [-0.39, 0.29) is 5.84 Å². The van der Waals surface area contributed by atoms with Crippen LogP contribution in [0.15, 0.2) is 52.1 Å². The highest BCUT2D eigenvalue weighted by molar-refractivity contribution is 7.98. The summed E-state index contributed by atoms with van der Waals surface area (Å²) in [6.45, 7) is 0. The third-order valence-electron chi connectivity index (χ3n) is 2.91. The van der Waals surface area contributed by atoms with Crippen molar-refractivity contribution in [2.45, 2.75) is 11.0 Å². The van der Waals surface area contributed by atoms with Crippen molar-refractivity contribution in [3.8, 4) is 0 Å². The van der Waals surface area contributed by atoms with Crippen molar-refractivity contribution in [2.75, 3.05) is 0 Å². The Morgan fingerprint density at radius 1 is 1.29 bits per heavy atom. The van der Waals surface area contributed by atoms with E-state index in [9.17, 15) is 4.39 Å². The molecule has 0 fully saturated rings. The number of nitrogens with two attached hydrogens (primary N) is 1. The average Bonchev–Trinajstić information content (AvgIpc) is 2.87. The third-order valence-corrected chi connectivity index (χ3v) is 3.80. The summed E-state index contributed by atoms with van der Waals surface area (Å²) in [5.41, 5.74) is 8.02. The Kier molecular flexibility index (Phi) is 3.62. The minimum atomic E-state index is -0.407. The van der Waals surface area contributed by atoms with Crippen molar-refractivity contribution in [1.82, 2.24) is 4.98 Å². The molecule has 0 radical (unpaired) electrons. The van der Waals surface area contributed by atoms with Gasteiger partial charge in [0, 0.05) is 11.3 Å². The molecule has 0 aliphatic heterocycles. The zero-order valence-corrected chi connectivity index (χ0v) is 11.8. The summed E-state index contributed by atoms with van der Waals surface area (Å²) >= 11 is 1.37. The summed E-state index contributed by atoms with van der Waals surface area (Å²) in [5, 5.41) is 7.90. The molecule has 0 aliphatic carbocycles. The van der Waals surface area contributed by atoms with E-state index in [2.05, 4.69) is 4.98 Å². The zero-order chi connectivity index (χ0) is 14.8. The second-order valence-electron chi connectivity index (χ2n) is 4.50. The molecule has 0 atom stereocenters. The largest absolute Gasteiger partial charge is 0.431 e. The molecule has 3 rings (SSSR count). The number of hydrogen-bond acceptors (Lipinski definition) is 4. The predicted octanol–water partition coefficient (Wildman–Crippen LogP) is 3.54. The standard InChI is InChI=1S/C15H12FN3OS/c16-11-6-9(5-10(7-11)14(17)18)8-21-15-19-12-3-1-2-4-13(12)20-15/h1-7H,8H2,(H3,17,18). The van der Waals surface area contributed by atoms with Crippen LogP contribution in [-0.2, 0) is 5.75 Å². The maximum Gasteiger partial charge on any atom is 0.257 e. The van der Waals surface area contributed by atoms with Crippen LogP contribution in [0.25, 0.3) is 11.1 Å². The van der Waals surface area contributed by atoms with Crippen LogP contribution in [0, 0.1) is 11.2 Å². The van der Waals surface area contributed by atoms with Crippen molar-refractivity contribution in [1.29, 1.82) is 5.41 Å². The van der Waals surface area contributed by atoms with Crippen LogP contribution in [0.1, 0.15) is 11.1 Å². The second-order valence-corrected chi connectivity index (χ2v) is 5.42. The van der Waals surface area contributed by atoms with Crippen molar-refractivity contribution >= 4 is 28.7 Å². The molecule has 0 saturated heterocycles. The topological polar surface area (TPSA) is 75.9 Å². The van der Waals surface area contributed by atoms with E-state index in [1.807, 2.05) is 24.3 Å². The molecular formula is C15H12FN3OS. The number of thioether (sulfide) groups is 1. The summed E-state index contributed by atoms with van der Waals surface area (Å²) in [5.74, 6) is -0.0660. The molecule has 3 aromatic rings. The average molecular weight is 301 g/mol. The number of fused-ring (bicyclic) bond motifs is 1. The van der Waals surface area contributed by atoms with Gasteiger partial charge in [-0.05, 0) is 35.9 Å². The first kappa shape index (κ1) is 13.6. The quantitative estimate of drug-likeness (QED) is 0.439. The molecule has 6 heteroatoms. The highest BCUT2D eigenvalue weighted by Gasteiger charge is 2.08. The first-order chi connectivity index (χ1) is 10.1. The van der Waals surface area contributed by atoms with E-state index >= 15 is 0 Å². The number of nitrogens with zero attached hydrogens (tertiary/aromatic N) is 1. The predicted molar refractivity (Wildman–Crippen MR) is 81.0 cm³/mol. The number of hydrogen-bond donors (Lipinski definition) is 2. The summed E-state index contributed by atoms with van der Waals surface area (Å²) in [6, 6.07) is 11.9. The fourth-order valence-corrected chi connectivity index (χ4v) is 2.72. The van der Waals surface area contributed by atoms with Crippen molar-refractivity contribution in [2.24, 2.45) is 5.73 Å². The Morgan fingerprint density at radius 2 is 2.10 bits per heavy atom. The lowest BCUT2D eigenvalue weighted by molar-refractivity contribution is 0.489. The lowest BCUT2D eigenvalue weighted by Gasteiger charge is -2.03. The summed E-state index contributed by atoms with van der Waals surface area (Å²) < 4.78 is 19.1. The lowest BCUT2D eigenvalue weighted by Crippen LogP contribution is -2.11. The Hall–Kier alpha value is -2.34. The number of nitrogens with one attached hydrogen (secondary N) is 1. The summed E-state index contributed by atoms with van der Waals surface area (Å²) in [6.07, 6.45) is 0. The fourth-order valence-electron chi connectivity index (χ4n) is 1.95. The van der Waals surface area contributed by atoms with Gasteiger partial charge in [0.05, 0.1) is 0 Å². The molecule has 2 aromatic carbocycles. The normalized spacial score (nSPS) is 10.9. The van der Waals surface area contributed by atoms with Crippen LogP contribution < -0.4 is 5.73 Å². The molecule has 0 spiro atoms. The van der Waals surface area contributed by atoms with Crippen LogP contribution in [0.5, 0.6) is 0 Å². The Morgan fingerprint density at radius 3 is 2.86 bits per heavy atom. The number of rotatable bonds is 4. The SMILES string of the molecule is N=C(N)c1cc(F)cc(CSc2nc3ccccc3o2)c1. The molecule has 0 amide bonds. The van der Waals surface area contributed by atoms with Gasteiger partial charge in [0.25, 0.3) is 5.22 Å². The molecule has 106 valence electrons. The van der Waals surface area contributed by atoms with Crippen molar-refractivity contribution in [3.05, 3.63) is 59.4 Å². The maximum absolute atomic E-state index is 13.5. The minimum Gasteiger partial charge on any atom is -0.431 e. The first-order valence-electron chi connectivity index (χ1n) is 6.24. The van der Waals surface area contributed by atoms with E-state index in [1.54, 1.807) is 6.07 Å². The van der Waals surface area contributed by atoms with Gasteiger partial charge in [-0.3, -0.25) is 5.41 Å². The van der Waals surface area contributed by atoms with Crippen LogP contribution in [0.3, 0.4) is 0 Å². The van der Waals surface area contributed by atoms with Crippen LogP contribution in [0.2, 0.25) is 0 Å². The van der Waals surface area contributed by atoms with Gasteiger partial charge in [-0.1, -0.05) is 23.9 Å². The van der Waals surface area contributed by atoms with E-state index < -0.39 is 5.82 Å². The Labute approximate surface area is 124 Å². The van der Waals surface area contributed by atoms with E-state index in [0.29, 0.717) is 16.5 Å². The zero-order valence-electron chi connectivity index (χ0n) is 11.0. The van der Waals surface area contributed by atoms with Crippen LogP contribution in [0.4, 0.5) is 4.39 Å². The number of benzene rings is 2. The molecule has 3 N–H and O–H groups in total. The van der Waals surface area contributed by atoms with Crippen molar-refractivity contribution < 1.29 is 8.81 Å². The maximum atomic E-state index is 13.5. The molecule has 1 aromatic heterocycles. The van der Waals surface area contributed by atoms with Gasteiger partial charge in [0.1, 0.15) is 17.2 Å². The molecular weight excluding hydrogens is 289 g/mol. The molecule has 0 unspecified atom stereocenters. The van der Waals surface area contributed by atoms with Gasteiger partial charge in [-0.2, -0.15) is 0 Å². The highest BCUT2D eigenvalue weighted by atomic mass is 32.2. The van der Waals surface area contributed by atoms with Gasteiger partial charge >= 0.3 is 0 Å². The number of amidine groups is 1. The number of para-hydroxylation sites is 2. The van der Waals surface area contributed by atoms with Gasteiger partial charge in [-0.15, -0.1) is 0 Å². The third kappa shape index (κ3) is 3.05. The first-order valence-corrected chi connectivity index (χ1v) is 7.22. The number of nitrogen functional groups attached to an aromatic ring is 1. The van der Waals surface area contributed by atoms with Crippen LogP contribution >= 0.6 is 11.8 Å². The molecule has 1 heterocycles. The molecule has 4 nitrogen and oxygen atoms in total. The van der Waals surface area contributed by atoms with Gasteiger partial charge in [0.2, 0.25) is 0 Å². The number of oxazole rings is 1. The van der Waals surface area contributed by atoms with Gasteiger partial charge < -0.3 is 10.2 Å². The monoisotopic (exact) mass is 301 g/mol. The smallest absolute Gasteiger partial charge is 0.257 e. The summed E-state index contributed by atoms with van der Waals surface area (Å²) in [7, 11) is 0. The molecule has 0 saturated carbocycles. The Bertz CT molecular complexity index is 783. The van der Waals surface area contributed by atoms with E-state index in [1.165, 1.54) is 23.9 Å². The van der Waals surface area contributed by atoms with Gasteiger partial charge in [0.15, 0.2) is 5.58 Å². The van der Waals surface area contributed by atoms with E-state index in [4.69, 9.17) is 15.6 Å². The molecule has 0 bridgehead atoms. The summed E-state index contributed by atoms with van der Waals surface area (Å²) in [4.78, 5) is 4.34. The molecule has 0 aliphatic rings. The van der Waals surface area contributed by atoms with E-state index in [0.717, 1.165) is 16.7 Å². The minimum absolute atomic E-state index is 0.150. The Balaban J connectivity index is 1.79. The molecule has 21 heavy (non-hydrogen) atoms. The lowest BCUT2D eigenvalue weighted by atomic mass is 10.1. The van der Waals surface area contributed by atoms with Gasteiger partial charge in [-0.25, -0.2) is 9.37 Å². The number of aromatic nitrogens is 1.